The van der Waals surface area contributed by atoms with Crippen LogP contribution in [0.4, 0.5) is 0 Å². The van der Waals surface area contributed by atoms with Gasteiger partial charge in [-0.2, -0.15) is 0 Å². The van der Waals surface area contributed by atoms with Crippen LogP contribution < -0.4 is 21.4 Å². The van der Waals surface area contributed by atoms with Crippen molar-refractivity contribution in [1.82, 2.24) is 20.2 Å². The number of aromatic nitrogens is 2. The average molecular weight is 412 g/mol. The summed E-state index contributed by atoms with van der Waals surface area (Å²) in [5.74, 6) is -1.48. The van der Waals surface area contributed by atoms with E-state index in [1.54, 1.807) is 6.20 Å². The lowest BCUT2D eigenvalue weighted by Gasteiger charge is -2.17. The molecule has 0 unspecified atom stereocenters. The standard InChI is InChI=1S/C21H24N4O5/c1-4-25(5-2)9-8-22-10-13-16-18(20(28)11(3)19(13)27)24-15-12(21(29)30)6-7-14(26)17(15)23-16/h6-7,10,22,24,27H,4-5,8-9H2,1-3H3,(H,29,30). The van der Waals surface area contributed by atoms with Gasteiger partial charge >= 0.3 is 5.97 Å². The molecule has 1 aromatic heterocycles. The zero-order valence-corrected chi connectivity index (χ0v) is 17.1. The minimum Gasteiger partial charge on any atom is -0.507 e. The fourth-order valence-corrected chi connectivity index (χ4v) is 3.38. The zero-order valence-electron chi connectivity index (χ0n) is 17.1. The van der Waals surface area contributed by atoms with Crippen molar-refractivity contribution in [2.75, 3.05) is 26.2 Å². The summed E-state index contributed by atoms with van der Waals surface area (Å²) in [6.45, 7) is 8.84. The van der Waals surface area contributed by atoms with Gasteiger partial charge in [-0.25, -0.2) is 9.78 Å². The van der Waals surface area contributed by atoms with Crippen LogP contribution in [-0.2, 0) is 0 Å². The van der Waals surface area contributed by atoms with E-state index in [1.165, 1.54) is 13.0 Å². The van der Waals surface area contributed by atoms with E-state index in [-0.39, 0.29) is 44.2 Å². The van der Waals surface area contributed by atoms with Crippen molar-refractivity contribution >= 4 is 34.2 Å². The molecule has 0 saturated heterocycles. The summed E-state index contributed by atoms with van der Waals surface area (Å²) >= 11 is 0. The molecular weight excluding hydrogens is 388 g/mol. The maximum atomic E-state index is 12.7. The van der Waals surface area contributed by atoms with Crippen molar-refractivity contribution in [3.05, 3.63) is 48.9 Å². The van der Waals surface area contributed by atoms with Gasteiger partial charge in [0.15, 0.2) is 0 Å². The number of aromatic amines is 1. The highest BCUT2D eigenvalue weighted by Crippen LogP contribution is 2.17. The van der Waals surface area contributed by atoms with Crippen molar-refractivity contribution in [2.24, 2.45) is 0 Å². The Balaban J connectivity index is 2.25. The molecule has 0 aliphatic heterocycles. The molecule has 4 N–H and O–H groups in total. The second-order valence-corrected chi connectivity index (χ2v) is 6.94. The summed E-state index contributed by atoms with van der Waals surface area (Å²) in [7, 11) is 0. The highest BCUT2D eigenvalue weighted by atomic mass is 16.4. The Labute approximate surface area is 171 Å². The number of nitrogens with zero attached hydrogens (tertiary/aromatic N) is 2. The van der Waals surface area contributed by atoms with Gasteiger partial charge in [0.25, 0.3) is 0 Å². The first kappa shape index (κ1) is 21.3. The number of likely N-dealkylation sites (N-methyl/N-ethyl adjacent to an activating group) is 1. The van der Waals surface area contributed by atoms with Crippen LogP contribution in [0.3, 0.4) is 0 Å². The highest BCUT2D eigenvalue weighted by Gasteiger charge is 2.18. The number of H-pyrrole nitrogens is 1. The molecule has 2 aromatic carbocycles. The predicted octanol–water partition coefficient (Wildman–Crippen LogP) is 0.537. The van der Waals surface area contributed by atoms with Crippen LogP contribution in [-0.4, -0.2) is 57.2 Å². The molecule has 0 radical (unpaired) electrons. The Morgan fingerprint density at radius 1 is 1.20 bits per heavy atom. The number of aromatic hydroxyl groups is 1. The zero-order chi connectivity index (χ0) is 22.0. The van der Waals surface area contributed by atoms with Crippen LogP contribution in [0.5, 0.6) is 5.75 Å². The summed E-state index contributed by atoms with van der Waals surface area (Å²) in [6, 6.07) is 2.30. The van der Waals surface area contributed by atoms with Crippen LogP contribution >= 0.6 is 0 Å². The van der Waals surface area contributed by atoms with Crippen molar-refractivity contribution in [1.29, 1.82) is 0 Å². The van der Waals surface area contributed by atoms with Gasteiger partial charge < -0.3 is 25.4 Å². The summed E-state index contributed by atoms with van der Waals surface area (Å²) in [6.07, 6.45) is 1.56. The molecule has 0 spiro atoms. The summed E-state index contributed by atoms with van der Waals surface area (Å²) < 4.78 is 0. The Morgan fingerprint density at radius 3 is 2.53 bits per heavy atom. The second kappa shape index (κ2) is 8.50. The third-order valence-electron chi connectivity index (χ3n) is 5.23. The van der Waals surface area contributed by atoms with E-state index >= 15 is 0 Å². The third-order valence-corrected chi connectivity index (χ3v) is 5.23. The van der Waals surface area contributed by atoms with E-state index in [4.69, 9.17) is 0 Å². The van der Waals surface area contributed by atoms with E-state index in [0.717, 1.165) is 25.7 Å². The largest absolute Gasteiger partial charge is 0.507 e. The van der Waals surface area contributed by atoms with Crippen LogP contribution in [0.25, 0.3) is 28.3 Å². The van der Waals surface area contributed by atoms with Gasteiger partial charge in [0.2, 0.25) is 10.9 Å². The molecule has 0 atom stereocenters. The molecule has 0 aliphatic carbocycles. The number of aromatic carboxylic acids is 1. The van der Waals surface area contributed by atoms with Gasteiger partial charge in [-0.15, -0.1) is 0 Å². The van der Waals surface area contributed by atoms with Gasteiger partial charge in [0.05, 0.1) is 16.3 Å². The van der Waals surface area contributed by atoms with Crippen molar-refractivity contribution in [3.63, 3.8) is 0 Å². The highest BCUT2D eigenvalue weighted by molar-refractivity contribution is 6.02. The van der Waals surface area contributed by atoms with E-state index in [9.17, 15) is 24.6 Å². The maximum Gasteiger partial charge on any atom is 0.337 e. The number of carboxylic acid groups (broad SMARTS) is 1. The number of carbonyl (C=O) groups is 1. The smallest absolute Gasteiger partial charge is 0.337 e. The molecule has 0 aliphatic rings. The lowest BCUT2D eigenvalue weighted by atomic mass is 10.1. The fourth-order valence-electron chi connectivity index (χ4n) is 3.38. The molecule has 3 rings (SSSR count). The summed E-state index contributed by atoms with van der Waals surface area (Å²) in [5, 5.41) is 23.3. The van der Waals surface area contributed by atoms with E-state index in [1.807, 2.05) is 0 Å². The van der Waals surface area contributed by atoms with Crippen molar-refractivity contribution in [3.8, 4) is 5.75 Å². The van der Waals surface area contributed by atoms with Crippen LogP contribution in [0.1, 0.15) is 29.8 Å². The Bertz CT molecular complexity index is 1300. The van der Waals surface area contributed by atoms with Crippen LogP contribution in [0.2, 0.25) is 0 Å². The quantitative estimate of drug-likeness (QED) is 0.326. The average Bonchev–Trinajstić information content (AvgIpc) is 2.73. The van der Waals surface area contributed by atoms with E-state index in [2.05, 4.69) is 34.0 Å². The number of phenolic OH excluding ortho intramolecular Hbond substituents is 1. The third kappa shape index (κ3) is 3.71. The molecule has 30 heavy (non-hydrogen) atoms. The second-order valence-electron chi connectivity index (χ2n) is 6.94. The van der Waals surface area contributed by atoms with E-state index in [0.29, 0.717) is 6.54 Å². The molecule has 0 fully saturated rings. The first-order valence-electron chi connectivity index (χ1n) is 9.71. The van der Waals surface area contributed by atoms with Gasteiger partial charge in [0, 0.05) is 24.9 Å². The number of carboxylic acids is 1. The van der Waals surface area contributed by atoms with Gasteiger partial charge in [-0.05, 0) is 32.1 Å². The molecule has 9 nitrogen and oxygen atoms in total. The van der Waals surface area contributed by atoms with Crippen LogP contribution in [0.15, 0.2) is 21.7 Å². The molecule has 0 bridgehead atoms. The molecular formula is C21H24N4O5. The Hall–Kier alpha value is -3.46. The fraction of sp³-hybridized carbons (Fsp3) is 0.333. The van der Waals surface area contributed by atoms with Crippen molar-refractivity contribution in [2.45, 2.75) is 20.8 Å². The number of benzene rings is 2. The number of rotatable bonds is 7. The molecule has 3 aromatic rings. The Morgan fingerprint density at radius 2 is 1.90 bits per heavy atom. The monoisotopic (exact) mass is 412 g/mol. The summed E-state index contributed by atoms with van der Waals surface area (Å²) in [5.41, 5.74) is -1.05. The van der Waals surface area contributed by atoms with Gasteiger partial charge in [-0.1, -0.05) is 13.8 Å². The maximum absolute atomic E-state index is 12.7. The lowest BCUT2D eigenvalue weighted by Crippen LogP contribution is -2.31. The normalized spacial score (nSPS) is 12.2. The molecule has 1 heterocycles. The summed E-state index contributed by atoms with van der Waals surface area (Å²) in [4.78, 5) is 45.8. The number of hydrogen-bond donors (Lipinski definition) is 4. The minimum atomic E-state index is -1.25. The molecule has 9 heteroatoms. The minimum absolute atomic E-state index is 0.0230. The molecule has 0 saturated carbocycles. The number of hydrogen-bond acceptors (Lipinski definition) is 7. The number of phenols is 1. The number of fused-ring (bicyclic) bond motifs is 2. The van der Waals surface area contributed by atoms with Gasteiger partial charge in [-0.3, -0.25) is 9.59 Å². The molecule has 0 amide bonds. The van der Waals surface area contributed by atoms with Crippen LogP contribution in [0, 0.1) is 6.92 Å². The molecule has 158 valence electrons. The van der Waals surface area contributed by atoms with Gasteiger partial charge in [0.1, 0.15) is 22.3 Å². The topological polar surface area (TPSA) is 136 Å². The van der Waals surface area contributed by atoms with E-state index < -0.39 is 16.8 Å². The first-order chi connectivity index (χ1) is 14.3. The first-order valence-corrected chi connectivity index (χ1v) is 9.71. The lowest BCUT2D eigenvalue weighted by molar-refractivity contribution is 0.0699. The van der Waals surface area contributed by atoms with Crippen molar-refractivity contribution < 1.29 is 15.0 Å². The number of nitrogens with one attached hydrogen (secondary N) is 2. The SMILES string of the molecule is CCN(CC)CCNC=c1c(O)c(C)c(=O)c2[nH]c3c(C(=O)O)ccc(=O)c3nc12. The predicted molar refractivity (Wildman–Crippen MR) is 115 cm³/mol. The Kier molecular flexibility index (Phi) is 6.02.